The molecular weight excluding hydrogens is 356 g/mol. The molecule has 0 bridgehead atoms. The molecule has 0 aliphatic carbocycles. The molecule has 2 heterocycles. The van der Waals surface area contributed by atoms with Gasteiger partial charge in [0.2, 0.25) is 0 Å². The van der Waals surface area contributed by atoms with Gasteiger partial charge in [0.25, 0.3) is 10.0 Å². The summed E-state index contributed by atoms with van der Waals surface area (Å²) in [5, 5.41) is 7.64. The summed E-state index contributed by atoms with van der Waals surface area (Å²) in [5.74, 6) is -0.666. The van der Waals surface area contributed by atoms with Crippen LogP contribution in [0.2, 0.25) is 0 Å². The van der Waals surface area contributed by atoms with Crippen LogP contribution in [0.15, 0.2) is 47.8 Å². The maximum absolute atomic E-state index is 13.4. The number of hydrogen-bond acceptors (Lipinski definition) is 6. The highest BCUT2D eigenvalue weighted by atomic mass is 32.2. The highest BCUT2D eigenvalue weighted by molar-refractivity contribution is 7.93. The Bertz CT molecular complexity index is 1060. The molecule has 8 nitrogen and oxygen atoms in total. The van der Waals surface area contributed by atoms with Crippen LogP contribution >= 0.6 is 0 Å². The van der Waals surface area contributed by atoms with E-state index in [1.165, 1.54) is 23.9 Å². The van der Waals surface area contributed by atoms with Crippen LogP contribution in [0.5, 0.6) is 0 Å². The van der Waals surface area contributed by atoms with E-state index in [1.54, 1.807) is 24.4 Å². The zero-order valence-electron chi connectivity index (χ0n) is 14.6. The standard InChI is InChI=1S/C17H18N4O4S/c1-12-7-13(2)9-14(8-12)21(10-16(22)25-3)26(23,24)15-5-4-6-20-11-18-19-17(15)20/h4-9,11H,10H2,1-3H3. The van der Waals surface area contributed by atoms with E-state index in [0.717, 1.165) is 15.4 Å². The first-order chi connectivity index (χ1) is 12.3. The number of nitrogens with zero attached hydrogens (tertiary/aromatic N) is 4. The smallest absolute Gasteiger partial charge is 0.326 e. The van der Waals surface area contributed by atoms with Crippen molar-refractivity contribution >= 4 is 27.3 Å². The average molecular weight is 374 g/mol. The minimum atomic E-state index is -4.08. The fourth-order valence-electron chi connectivity index (χ4n) is 2.74. The van der Waals surface area contributed by atoms with Gasteiger partial charge in [-0.3, -0.25) is 13.5 Å². The molecule has 2 aromatic heterocycles. The van der Waals surface area contributed by atoms with Crippen molar-refractivity contribution < 1.29 is 17.9 Å². The lowest BCUT2D eigenvalue weighted by atomic mass is 10.1. The number of ether oxygens (including phenoxy) is 1. The molecule has 0 amide bonds. The number of pyridine rings is 1. The molecule has 1 aromatic carbocycles. The summed E-state index contributed by atoms with van der Waals surface area (Å²) in [4.78, 5) is 11.9. The molecule has 0 N–H and O–H groups in total. The van der Waals surface area contributed by atoms with Gasteiger partial charge in [-0.25, -0.2) is 8.42 Å². The number of aromatic nitrogens is 3. The first-order valence-electron chi connectivity index (χ1n) is 7.79. The van der Waals surface area contributed by atoms with Gasteiger partial charge in [-0.2, -0.15) is 0 Å². The summed E-state index contributed by atoms with van der Waals surface area (Å²) < 4.78 is 33.9. The minimum Gasteiger partial charge on any atom is -0.468 e. The van der Waals surface area contributed by atoms with E-state index in [0.29, 0.717) is 5.69 Å². The molecule has 3 aromatic rings. The van der Waals surface area contributed by atoms with Crippen molar-refractivity contribution in [1.29, 1.82) is 0 Å². The van der Waals surface area contributed by atoms with E-state index < -0.39 is 22.5 Å². The van der Waals surface area contributed by atoms with Gasteiger partial charge in [0, 0.05) is 6.20 Å². The van der Waals surface area contributed by atoms with Crippen molar-refractivity contribution in [2.75, 3.05) is 18.0 Å². The molecule has 0 spiro atoms. The third kappa shape index (κ3) is 3.25. The van der Waals surface area contributed by atoms with E-state index in [2.05, 4.69) is 14.9 Å². The Kier molecular flexibility index (Phi) is 4.64. The Labute approximate surface area is 151 Å². The number of sulfonamides is 1. The van der Waals surface area contributed by atoms with Crippen LogP contribution in [0.1, 0.15) is 11.1 Å². The van der Waals surface area contributed by atoms with E-state index >= 15 is 0 Å². The Morgan fingerprint density at radius 1 is 1.23 bits per heavy atom. The summed E-state index contributed by atoms with van der Waals surface area (Å²) in [5.41, 5.74) is 2.33. The van der Waals surface area contributed by atoms with Crippen molar-refractivity contribution in [3.8, 4) is 0 Å². The van der Waals surface area contributed by atoms with Crippen molar-refractivity contribution in [3.05, 3.63) is 54.0 Å². The Morgan fingerprint density at radius 3 is 2.58 bits per heavy atom. The quantitative estimate of drug-likeness (QED) is 0.631. The Hall–Kier alpha value is -2.94. The lowest BCUT2D eigenvalue weighted by Gasteiger charge is -2.24. The minimum absolute atomic E-state index is 0.0411. The molecule has 3 rings (SSSR count). The predicted octanol–water partition coefficient (Wildman–Crippen LogP) is 1.71. The van der Waals surface area contributed by atoms with Crippen LogP contribution in [-0.4, -0.2) is 42.6 Å². The normalized spacial score (nSPS) is 11.5. The van der Waals surface area contributed by atoms with Gasteiger partial charge in [-0.05, 0) is 49.2 Å². The molecule has 0 fully saturated rings. The Morgan fingerprint density at radius 2 is 1.92 bits per heavy atom. The van der Waals surface area contributed by atoms with Crippen LogP contribution in [0, 0.1) is 13.8 Å². The Balaban J connectivity index is 2.20. The van der Waals surface area contributed by atoms with Crippen molar-refractivity contribution in [3.63, 3.8) is 0 Å². The third-order valence-electron chi connectivity index (χ3n) is 3.85. The highest BCUT2D eigenvalue weighted by Crippen LogP contribution is 2.27. The second kappa shape index (κ2) is 6.75. The van der Waals surface area contributed by atoms with Gasteiger partial charge in [-0.15, -0.1) is 10.2 Å². The summed E-state index contributed by atoms with van der Waals surface area (Å²) in [6, 6.07) is 8.36. The lowest BCUT2D eigenvalue weighted by Crippen LogP contribution is -2.36. The molecule has 0 unspecified atom stereocenters. The molecule has 0 aliphatic rings. The molecule has 0 saturated carbocycles. The van der Waals surface area contributed by atoms with Crippen LogP contribution in [0.25, 0.3) is 5.65 Å². The van der Waals surface area contributed by atoms with Gasteiger partial charge < -0.3 is 4.74 Å². The van der Waals surface area contributed by atoms with Gasteiger partial charge in [0.15, 0.2) is 5.65 Å². The van der Waals surface area contributed by atoms with E-state index in [-0.39, 0.29) is 10.5 Å². The molecule has 0 radical (unpaired) electrons. The van der Waals surface area contributed by atoms with Crippen molar-refractivity contribution in [2.45, 2.75) is 18.7 Å². The second-order valence-electron chi connectivity index (χ2n) is 5.87. The number of aryl methyl sites for hydroxylation is 2. The first-order valence-corrected chi connectivity index (χ1v) is 9.23. The molecule has 26 heavy (non-hydrogen) atoms. The number of benzene rings is 1. The molecular formula is C17H18N4O4S. The lowest BCUT2D eigenvalue weighted by molar-refractivity contribution is -0.138. The van der Waals surface area contributed by atoms with Gasteiger partial charge >= 0.3 is 5.97 Å². The first kappa shape index (κ1) is 17.9. The fourth-order valence-corrected chi connectivity index (χ4v) is 4.26. The van der Waals surface area contributed by atoms with E-state index in [1.807, 2.05) is 19.9 Å². The fraction of sp³-hybridized carbons (Fsp3) is 0.235. The highest BCUT2D eigenvalue weighted by Gasteiger charge is 2.30. The van der Waals surface area contributed by atoms with Crippen LogP contribution in [0.4, 0.5) is 5.69 Å². The summed E-state index contributed by atoms with van der Waals surface area (Å²) >= 11 is 0. The third-order valence-corrected chi connectivity index (χ3v) is 5.65. The van der Waals surface area contributed by atoms with Crippen molar-refractivity contribution in [2.24, 2.45) is 0 Å². The summed E-state index contributed by atoms with van der Waals surface area (Å²) in [7, 11) is -2.86. The summed E-state index contributed by atoms with van der Waals surface area (Å²) in [6.07, 6.45) is 3.06. The topological polar surface area (TPSA) is 93.9 Å². The SMILES string of the molecule is COC(=O)CN(c1cc(C)cc(C)c1)S(=O)(=O)c1cccn2cnnc12. The maximum Gasteiger partial charge on any atom is 0.326 e. The number of rotatable bonds is 5. The average Bonchev–Trinajstić information content (AvgIpc) is 3.06. The van der Waals surface area contributed by atoms with Gasteiger partial charge in [0.05, 0.1) is 12.8 Å². The predicted molar refractivity (Wildman–Crippen MR) is 95.5 cm³/mol. The number of methoxy groups -OCH3 is 1. The number of carbonyl (C=O) groups is 1. The zero-order valence-corrected chi connectivity index (χ0v) is 15.4. The number of hydrogen-bond donors (Lipinski definition) is 0. The molecule has 0 saturated heterocycles. The monoisotopic (exact) mass is 374 g/mol. The number of carbonyl (C=O) groups excluding carboxylic acids is 1. The molecule has 9 heteroatoms. The van der Waals surface area contributed by atoms with Gasteiger partial charge in [-0.1, -0.05) is 6.07 Å². The molecule has 0 aliphatic heterocycles. The van der Waals surface area contributed by atoms with Crippen LogP contribution in [0.3, 0.4) is 0 Å². The van der Waals surface area contributed by atoms with Crippen LogP contribution < -0.4 is 4.31 Å². The maximum atomic E-state index is 13.4. The van der Waals surface area contributed by atoms with E-state index in [4.69, 9.17) is 0 Å². The van der Waals surface area contributed by atoms with Crippen molar-refractivity contribution in [1.82, 2.24) is 14.6 Å². The summed E-state index contributed by atoms with van der Waals surface area (Å²) in [6.45, 7) is 3.27. The zero-order chi connectivity index (χ0) is 18.9. The van der Waals surface area contributed by atoms with Gasteiger partial charge in [0.1, 0.15) is 17.8 Å². The number of fused-ring (bicyclic) bond motifs is 1. The second-order valence-corrected chi connectivity index (χ2v) is 7.70. The molecule has 0 atom stereocenters. The number of anilines is 1. The van der Waals surface area contributed by atoms with Crippen LogP contribution in [-0.2, 0) is 19.6 Å². The largest absolute Gasteiger partial charge is 0.468 e. The number of esters is 1. The van der Waals surface area contributed by atoms with E-state index in [9.17, 15) is 13.2 Å². The molecule has 136 valence electrons.